The molecule has 1 N–H and O–H groups in total. The van der Waals surface area contributed by atoms with Gasteiger partial charge in [0.2, 0.25) is 5.91 Å². The average molecular weight is 383 g/mol. The summed E-state index contributed by atoms with van der Waals surface area (Å²) in [6.45, 7) is 4.20. The third-order valence-corrected chi connectivity index (χ3v) is 5.80. The molecule has 0 bridgehead atoms. The fourth-order valence-electron chi connectivity index (χ4n) is 3.94. The number of aromatic nitrogens is 1. The Bertz CT molecular complexity index is 956. The highest BCUT2D eigenvalue weighted by Gasteiger charge is 2.41. The number of ether oxygens (including phenoxy) is 1. The lowest BCUT2D eigenvalue weighted by molar-refractivity contribution is -0.125. The van der Waals surface area contributed by atoms with Crippen molar-refractivity contribution in [2.24, 2.45) is 0 Å². The average Bonchev–Trinajstić information content (AvgIpc) is 3.11. The van der Waals surface area contributed by atoms with Crippen LogP contribution in [0.2, 0.25) is 5.02 Å². The number of hydrogen-bond acceptors (Lipinski definition) is 2. The topological polar surface area (TPSA) is 43.3 Å². The Kier molecular flexibility index (Phi) is 4.94. The number of nitrogens with zero attached hydrogens (tertiary/aromatic N) is 1. The van der Waals surface area contributed by atoms with Crippen molar-refractivity contribution in [3.8, 4) is 0 Å². The number of fused-ring (bicyclic) bond motifs is 1. The Morgan fingerprint density at radius 3 is 2.59 bits per heavy atom. The van der Waals surface area contributed by atoms with E-state index in [-0.39, 0.29) is 5.91 Å². The van der Waals surface area contributed by atoms with E-state index in [2.05, 4.69) is 35.1 Å². The van der Waals surface area contributed by atoms with Crippen molar-refractivity contribution in [1.82, 2.24) is 4.57 Å². The lowest BCUT2D eigenvalue weighted by atomic mass is 9.73. The number of anilines is 1. The molecule has 27 heavy (non-hydrogen) atoms. The van der Waals surface area contributed by atoms with Crippen LogP contribution in [0.3, 0.4) is 0 Å². The number of hydrogen-bond donors (Lipinski definition) is 1. The van der Waals surface area contributed by atoms with Crippen molar-refractivity contribution in [1.29, 1.82) is 0 Å². The molecule has 1 amide bonds. The zero-order valence-corrected chi connectivity index (χ0v) is 16.1. The second kappa shape index (κ2) is 7.37. The van der Waals surface area contributed by atoms with Gasteiger partial charge in [-0.15, -0.1) is 0 Å². The van der Waals surface area contributed by atoms with Crippen LogP contribution in [0.4, 0.5) is 5.69 Å². The molecule has 0 atom stereocenters. The number of carbonyl (C=O) groups excluding carboxylic acids is 1. The quantitative estimate of drug-likeness (QED) is 0.689. The summed E-state index contributed by atoms with van der Waals surface area (Å²) in [5.41, 5.74) is 2.40. The summed E-state index contributed by atoms with van der Waals surface area (Å²) in [5.74, 6) is 0.0161. The maximum atomic E-state index is 13.4. The lowest BCUT2D eigenvalue weighted by Crippen LogP contribution is -2.44. The highest BCUT2D eigenvalue weighted by molar-refractivity contribution is 6.30. The van der Waals surface area contributed by atoms with Crippen LogP contribution in [0.25, 0.3) is 10.9 Å². The van der Waals surface area contributed by atoms with Gasteiger partial charge in [-0.05, 0) is 61.7 Å². The van der Waals surface area contributed by atoms with Gasteiger partial charge >= 0.3 is 0 Å². The summed E-state index contributed by atoms with van der Waals surface area (Å²) in [6, 6.07) is 15.8. The number of rotatable bonds is 4. The van der Waals surface area contributed by atoms with Gasteiger partial charge in [0.05, 0.1) is 5.41 Å². The van der Waals surface area contributed by atoms with Crippen molar-refractivity contribution in [3.05, 3.63) is 65.3 Å². The Hall–Kier alpha value is -2.30. The maximum Gasteiger partial charge on any atom is 0.235 e. The van der Waals surface area contributed by atoms with Gasteiger partial charge in [0, 0.05) is 47.6 Å². The van der Waals surface area contributed by atoms with Gasteiger partial charge in [0.25, 0.3) is 0 Å². The SMILES string of the molecule is CCn1ccc2cc(NC(=O)C3(c4ccc(Cl)cc4)CCOCC3)ccc21. The maximum absolute atomic E-state index is 13.4. The number of carbonyl (C=O) groups is 1. The number of halogens is 1. The molecule has 0 saturated carbocycles. The van der Waals surface area contributed by atoms with Gasteiger partial charge in [0.15, 0.2) is 0 Å². The third kappa shape index (κ3) is 3.35. The molecule has 5 heteroatoms. The first-order valence-corrected chi connectivity index (χ1v) is 9.74. The minimum atomic E-state index is -0.590. The van der Waals surface area contributed by atoms with Crippen molar-refractivity contribution < 1.29 is 9.53 Å². The number of amides is 1. The summed E-state index contributed by atoms with van der Waals surface area (Å²) >= 11 is 6.05. The van der Waals surface area contributed by atoms with Crippen LogP contribution in [-0.4, -0.2) is 23.7 Å². The zero-order valence-electron chi connectivity index (χ0n) is 15.4. The van der Waals surface area contributed by atoms with E-state index in [4.69, 9.17) is 16.3 Å². The van der Waals surface area contributed by atoms with Crippen molar-refractivity contribution in [2.45, 2.75) is 31.7 Å². The molecule has 4 rings (SSSR count). The number of aryl methyl sites for hydroxylation is 1. The minimum Gasteiger partial charge on any atom is -0.381 e. The van der Waals surface area contributed by atoms with Crippen molar-refractivity contribution in [3.63, 3.8) is 0 Å². The highest BCUT2D eigenvalue weighted by Crippen LogP contribution is 2.37. The number of benzene rings is 2. The van der Waals surface area contributed by atoms with E-state index in [1.807, 2.05) is 36.4 Å². The van der Waals surface area contributed by atoms with E-state index in [0.29, 0.717) is 31.1 Å². The molecule has 2 aromatic carbocycles. The van der Waals surface area contributed by atoms with Gasteiger partial charge in [-0.25, -0.2) is 0 Å². The monoisotopic (exact) mass is 382 g/mol. The standard InChI is InChI=1S/C22H23ClN2O2/c1-2-25-12-9-16-15-19(7-8-20(16)25)24-21(26)22(10-13-27-14-11-22)17-3-5-18(23)6-4-17/h3-9,12,15H,2,10-11,13-14H2,1H3,(H,24,26). The summed E-state index contributed by atoms with van der Waals surface area (Å²) in [6.07, 6.45) is 3.40. The molecule has 4 nitrogen and oxygen atoms in total. The molecular formula is C22H23ClN2O2. The fourth-order valence-corrected chi connectivity index (χ4v) is 4.07. The molecule has 1 aliphatic heterocycles. The summed E-state index contributed by atoms with van der Waals surface area (Å²) in [7, 11) is 0. The summed E-state index contributed by atoms with van der Waals surface area (Å²) < 4.78 is 7.72. The largest absolute Gasteiger partial charge is 0.381 e. The second-order valence-electron chi connectivity index (χ2n) is 7.03. The third-order valence-electron chi connectivity index (χ3n) is 5.55. The van der Waals surface area contributed by atoms with Crippen LogP contribution in [0.5, 0.6) is 0 Å². The first kappa shape index (κ1) is 18.1. The molecule has 140 valence electrons. The van der Waals surface area contributed by atoms with E-state index < -0.39 is 5.41 Å². The van der Waals surface area contributed by atoms with Gasteiger partial charge < -0.3 is 14.6 Å². The van der Waals surface area contributed by atoms with Crippen LogP contribution in [0.1, 0.15) is 25.3 Å². The molecule has 0 spiro atoms. The molecule has 0 aliphatic carbocycles. The van der Waals surface area contributed by atoms with Crippen LogP contribution >= 0.6 is 11.6 Å². The van der Waals surface area contributed by atoms with Crippen molar-refractivity contribution >= 4 is 34.1 Å². The van der Waals surface area contributed by atoms with Crippen LogP contribution < -0.4 is 5.32 Å². The Labute approximate surface area is 164 Å². The Balaban J connectivity index is 1.65. The zero-order chi connectivity index (χ0) is 18.9. The van der Waals surface area contributed by atoms with E-state index in [1.165, 1.54) is 5.52 Å². The van der Waals surface area contributed by atoms with E-state index in [1.54, 1.807) is 0 Å². The van der Waals surface area contributed by atoms with Crippen molar-refractivity contribution in [2.75, 3.05) is 18.5 Å². The Morgan fingerprint density at radius 1 is 1.15 bits per heavy atom. The summed E-state index contributed by atoms with van der Waals surface area (Å²) in [5, 5.41) is 4.95. The lowest BCUT2D eigenvalue weighted by Gasteiger charge is -2.36. The molecule has 0 radical (unpaired) electrons. The normalized spacial score (nSPS) is 16.4. The molecule has 1 aromatic heterocycles. The van der Waals surface area contributed by atoms with Gasteiger partial charge in [-0.2, -0.15) is 0 Å². The smallest absolute Gasteiger partial charge is 0.235 e. The number of nitrogens with one attached hydrogen (secondary N) is 1. The predicted octanol–water partition coefficient (Wildman–Crippen LogP) is 5.00. The molecule has 1 aliphatic rings. The highest BCUT2D eigenvalue weighted by atomic mass is 35.5. The van der Waals surface area contributed by atoms with E-state index in [0.717, 1.165) is 23.2 Å². The molecule has 1 fully saturated rings. The molecular weight excluding hydrogens is 360 g/mol. The van der Waals surface area contributed by atoms with Crippen LogP contribution in [0, 0.1) is 0 Å². The predicted molar refractivity (Wildman–Crippen MR) is 109 cm³/mol. The van der Waals surface area contributed by atoms with E-state index in [9.17, 15) is 4.79 Å². The molecule has 3 aromatic rings. The molecule has 0 unspecified atom stereocenters. The van der Waals surface area contributed by atoms with Crippen LogP contribution in [0.15, 0.2) is 54.7 Å². The minimum absolute atomic E-state index is 0.0161. The fraction of sp³-hybridized carbons (Fsp3) is 0.318. The molecule has 2 heterocycles. The van der Waals surface area contributed by atoms with Gasteiger partial charge in [-0.3, -0.25) is 4.79 Å². The first-order chi connectivity index (χ1) is 13.1. The second-order valence-corrected chi connectivity index (χ2v) is 7.47. The van der Waals surface area contributed by atoms with Crippen LogP contribution in [-0.2, 0) is 21.5 Å². The van der Waals surface area contributed by atoms with Gasteiger partial charge in [-0.1, -0.05) is 23.7 Å². The summed E-state index contributed by atoms with van der Waals surface area (Å²) in [4.78, 5) is 13.4. The molecule has 1 saturated heterocycles. The first-order valence-electron chi connectivity index (χ1n) is 9.36. The van der Waals surface area contributed by atoms with E-state index >= 15 is 0 Å². The van der Waals surface area contributed by atoms with Gasteiger partial charge in [0.1, 0.15) is 0 Å². The Morgan fingerprint density at radius 2 is 1.89 bits per heavy atom.